The minimum Gasteiger partial charge on any atom is -0.481 e. The van der Waals surface area contributed by atoms with Crippen molar-refractivity contribution in [3.63, 3.8) is 0 Å². The molecule has 8 heteroatoms. The zero-order valence-electron chi connectivity index (χ0n) is 11.1. The molecular weight excluding hydrogens is 298 g/mol. The van der Waals surface area contributed by atoms with E-state index < -0.39 is 29.6 Å². The number of hydrogen-bond donors (Lipinski definition) is 3. The highest BCUT2D eigenvalue weighted by Gasteiger charge is 2.42. The third-order valence-electron chi connectivity index (χ3n) is 3.33. The lowest BCUT2D eigenvalue weighted by Crippen LogP contribution is -2.37. The molecule has 112 valence electrons. The Morgan fingerprint density at radius 2 is 1.95 bits per heavy atom. The number of Topliss-reactive ketones (excluding diaryl/α,β-unsaturated/α-hetero) is 1. The molecule has 0 fully saturated rings. The van der Waals surface area contributed by atoms with Gasteiger partial charge in [0, 0.05) is 12.8 Å². The first-order valence-corrected chi connectivity index (χ1v) is 7.03. The van der Waals surface area contributed by atoms with Crippen LogP contribution in [0.1, 0.15) is 28.6 Å². The fraction of sp³-hybridized carbons (Fsp3) is 0.385. The number of fused-ring (bicyclic) bond motifs is 1. The van der Waals surface area contributed by atoms with E-state index in [1.165, 1.54) is 6.92 Å². The number of aliphatic carboxylic acids is 2. The van der Waals surface area contributed by atoms with Crippen molar-refractivity contribution < 1.29 is 29.4 Å². The largest absolute Gasteiger partial charge is 0.481 e. The number of rotatable bonds is 4. The van der Waals surface area contributed by atoms with E-state index in [4.69, 9.17) is 10.2 Å². The highest BCUT2D eigenvalue weighted by atomic mass is 32.1. The molecule has 7 nitrogen and oxygen atoms in total. The zero-order chi connectivity index (χ0) is 15.7. The fourth-order valence-electron chi connectivity index (χ4n) is 2.44. The molecular formula is C13H13NO6S. The Morgan fingerprint density at radius 3 is 2.48 bits per heavy atom. The van der Waals surface area contributed by atoms with E-state index in [2.05, 4.69) is 5.32 Å². The minimum absolute atomic E-state index is 0.172. The second kappa shape index (κ2) is 5.65. The average Bonchev–Trinajstić information content (AvgIpc) is 2.74. The quantitative estimate of drug-likeness (QED) is 0.719. The molecule has 0 saturated carbocycles. The summed E-state index contributed by atoms with van der Waals surface area (Å²) in [6.07, 6.45) is 0.588. The Bertz CT molecular complexity index is 621. The first kappa shape index (κ1) is 15.2. The van der Waals surface area contributed by atoms with Crippen LogP contribution in [0.5, 0.6) is 0 Å². The number of nitrogens with one attached hydrogen (secondary N) is 1. The van der Waals surface area contributed by atoms with Gasteiger partial charge in [-0.3, -0.25) is 19.2 Å². The van der Waals surface area contributed by atoms with Crippen LogP contribution in [0, 0.1) is 11.8 Å². The third kappa shape index (κ3) is 2.94. The number of carbonyl (C=O) groups excluding carboxylic acids is 2. The number of thiophene rings is 1. The van der Waals surface area contributed by atoms with Gasteiger partial charge in [0.2, 0.25) is 5.91 Å². The molecule has 1 aromatic heterocycles. The van der Waals surface area contributed by atoms with Crippen LogP contribution in [0.15, 0.2) is 6.07 Å². The normalized spacial score (nSPS) is 17.4. The van der Waals surface area contributed by atoms with Crippen molar-refractivity contribution in [2.45, 2.75) is 19.8 Å². The second-order valence-corrected chi connectivity index (χ2v) is 5.86. The van der Waals surface area contributed by atoms with Crippen LogP contribution < -0.4 is 5.32 Å². The van der Waals surface area contributed by atoms with E-state index in [0.29, 0.717) is 16.3 Å². The molecule has 1 atom stereocenters. The van der Waals surface area contributed by atoms with Gasteiger partial charge in [0.1, 0.15) is 0 Å². The molecule has 3 N–H and O–H groups in total. The molecule has 0 saturated heterocycles. The molecule has 1 aromatic rings. The van der Waals surface area contributed by atoms with Crippen LogP contribution >= 0.6 is 11.3 Å². The molecule has 21 heavy (non-hydrogen) atoms. The van der Waals surface area contributed by atoms with Crippen molar-refractivity contribution >= 4 is 40.0 Å². The number of amides is 1. The molecule has 0 bridgehead atoms. The van der Waals surface area contributed by atoms with Crippen molar-refractivity contribution in [3.05, 3.63) is 16.5 Å². The molecule has 1 heterocycles. The summed E-state index contributed by atoms with van der Waals surface area (Å²) < 4.78 is 0. The summed E-state index contributed by atoms with van der Waals surface area (Å²) in [5.74, 6) is -6.58. The maximum atomic E-state index is 12.3. The van der Waals surface area contributed by atoms with Crippen LogP contribution in [-0.2, 0) is 20.8 Å². The number of hydrogen-bond acceptors (Lipinski definition) is 5. The Hall–Kier alpha value is -2.22. The summed E-state index contributed by atoms with van der Waals surface area (Å²) in [4.78, 5) is 45.8. The molecule has 1 unspecified atom stereocenters. The lowest BCUT2D eigenvalue weighted by atomic mass is 9.79. The van der Waals surface area contributed by atoms with Crippen molar-refractivity contribution in [1.82, 2.24) is 0 Å². The molecule has 1 aliphatic carbocycles. The molecule has 0 aliphatic heterocycles. The Labute approximate surface area is 123 Å². The van der Waals surface area contributed by atoms with E-state index in [9.17, 15) is 19.2 Å². The lowest BCUT2D eigenvalue weighted by Gasteiger charge is -2.23. The zero-order valence-corrected chi connectivity index (χ0v) is 11.9. The average molecular weight is 311 g/mol. The highest BCUT2D eigenvalue weighted by molar-refractivity contribution is 7.18. The number of ketones is 1. The smallest absolute Gasteiger partial charge is 0.318 e. The summed E-state index contributed by atoms with van der Waals surface area (Å²) in [7, 11) is 0. The van der Waals surface area contributed by atoms with Gasteiger partial charge in [-0.1, -0.05) is 0 Å². The summed E-state index contributed by atoms with van der Waals surface area (Å²) in [5, 5.41) is 21.1. The molecule has 1 aliphatic rings. The van der Waals surface area contributed by atoms with E-state index in [1.807, 2.05) is 0 Å². The van der Waals surface area contributed by atoms with E-state index in [0.717, 1.165) is 16.9 Å². The van der Waals surface area contributed by atoms with Gasteiger partial charge in [-0.05, 0) is 24.5 Å². The number of carboxylic acids is 2. The molecule has 2 rings (SSSR count). The van der Waals surface area contributed by atoms with E-state index in [1.54, 1.807) is 6.07 Å². The number of anilines is 1. The van der Waals surface area contributed by atoms with Crippen LogP contribution in [0.3, 0.4) is 0 Å². The van der Waals surface area contributed by atoms with Gasteiger partial charge in [0.15, 0.2) is 11.7 Å². The minimum atomic E-state index is -1.74. The van der Waals surface area contributed by atoms with Gasteiger partial charge >= 0.3 is 11.9 Å². The predicted molar refractivity (Wildman–Crippen MR) is 73.5 cm³/mol. The maximum absolute atomic E-state index is 12.3. The van der Waals surface area contributed by atoms with Gasteiger partial charge in [0.05, 0.1) is 9.88 Å². The second-order valence-electron chi connectivity index (χ2n) is 4.81. The number of aryl methyl sites for hydroxylation is 1. The van der Waals surface area contributed by atoms with Gasteiger partial charge in [0.25, 0.3) is 0 Å². The fourth-order valence-corrected chi connectivity index (χ4v) is 3.60. The van der Waals surface area contributed by atoms with Crippen LogP contribution in [0.4, 0.5) is 5.00 Å². The summed E-state index contributed by atoms with van der Waals surface area (Å²) in [6.45, 7) is 1.34. The van der Waals surface area contributed by atoms with Crippen molar-refractivity contribution in [2.75, 3.05) is 5.32 Å². The number of carbonyl (C=O) groups is 4. The summed E-state index contributed by atoms with van der Waals surface area (Å²) in [5.41, 5.74) is 0.722. The topological polar surface area (TPSA) is 121 Å². The van der Waals surface area contributed by atoms with Gasteiger partial charge < -0.3 is 15.5 Å². The Kier molecular flexibility index (Phi) is 4.08. The maximum Gasteiger partial charge on any atom is 0.318 e. The van der Waals surface area contributed by atoms with Crippen LogP contribution in [0.2, 0.25) is 0 Å². The summed E-state index contributed by atoms with van der Waals surface area (Å²) >= 11 is 1.05. The van der Waals surface area contributed by atoms with Crippen molar-refractivity contribution in [2.24, 2.45) is 11.8 Å². The first-order valence-electron chi connectivity index (χ1n) is 6.21. The van der Waals surface area contributed by atoms with Gasteiger partial charge in [-0.2, -0.15) is 0 Å². The van der Waals surface area contributed by atoms with Crippen LogP contribution in [-0.4, -0.2) is 33.8 Å². The SMILES string of the molecule is CC(=O)Nc1cc2c(s1)C(=O)C(C(C(=O)O)C(=O)O)CC2. The van der Waals surface area contributed by atoms with Gasteiger partial charge in [-0.25, -0.2) is 0 Å². The lowest BCUT2D eigenvalue weighted by molar-refractivity contribution is -0.156. The molecule has 0 aromatic carbocycles. The molecule has 1 amide bonds. The first-order chi connectivity index (χ1) is 9.81. The highest BCUT2D eigenvalue weighted by Crippen LogP contribution is 2.37. The molecule has 0 radical (unpaired) electrons. The Balaban J connectivity index is 2.31. The van der Waals surface area contributed by atoms with Crippen LogP contribution in [0.25, 0.3) is 0 Å². The van der Waals surface area contributed by atoms with Crippen molar-refractivity contribution in [1.29, 1.82) is 0 Å². The number of carboxylic acid groups (broad SMARTS) is 2. The predicted octanol–water partition coefficient (Wildman–Crippen LogP) is 1.24. The third-order valence-corrected chi connectivity index (χ3v) is 4.44. The Morgan fingerprint density at radius 1 is 1.33 bits per heavy atom. The molecule has 0 spiro atoms. The van der Waals surface area contributed by atoms with Crippen molar-refractivity contribution in [3.8, 4) is 0 Å². The van der Waals surface area contributed by atoms with Gasteiger partial charge in [-0.15, -0.1) is 11.3 Å². The summed E-state index contributed by atoms with van der Waals surface area (Å²) in [6, 6.07) is 1.67. The monoisotopic (exact) mass is 311 g/mol. The standard InChI is InChI=1S/C13H13NO6S/c1-5(15)14-8-4-6-2-3-7(10(16)11(6)21-8)9(12(17)18)13(19)20/h4,7,9H,2-3H2,1H3,(H,14,15)(H,17,18)(H,19,20). The van der Waals surface area contributed by atoms with E-state index >= 15 is 0 Å². The van der Waals surface area contributed by atoms with E-state index in [-0.39, 0.29) is 12.3 Å².